The van der Waals surface area contributed by atoms with E-state index in [9.17, 15) is 9.59 Å². The highest BCUT2D eigenvalue weighted by atomic mass is 16.2. The number of amides is 1. The molecule has 0 aliphatic rings. The first-order valence-electron chi connectivity index (χ1n) is 7.98. The maximum atomic E-state index is 12.4. The fourth-order valence-corrected chi connectivity index (χ4v) is 2.47. The van der Waals surface area contributed by atoms with Gasteiger partial charge in [-0.3, -0.25) is 9.59 Å². The number of aromatic nitrogens is 1. The number of carbonyl (C=O) groups excluding carboxylic acids is 1. The number of carbonyl (C=O) groups is 1. The summed E-state index contributed by atoms with van der Waals surface area (Å²) in [5.74, 6) is 0.413. The van der Waals surface area contributed by atoms with Crippen molar-refractivity contribution >= 4 is 16.8 Å². The Labute approximate surface area is 136 Å². The van der Waals surface area contributed by atoms with Crippen molar-refractivity contribution in [3.05, 3.63) is 46.8 Å². The molecule has 1 amide bonds. The molecule has 0 aliphatic heterocycles. The Balaban J connectivity index is 2.09. The molecule has 2 N–H and O–H groups in total. The SMILES string of the molecule is CC(C)C(N)CCN(C)C(=O)Cn1ccc(=O)c2ccccc21. The van der Waals surface area contributed by atoms with Gasteiger partial charge in [0.15, 0.2) is 5.43 Å². The zero-order valence-electron chi connectivity index (χ0n) is 14.0. The second-order valence-corrected chi connectivity index (χ2v) is 6.34. The van der Waals surface area contributed by atoms with E-state index >= 15 is 0 Å². The Hall–Kier alpha value is -2.14. The van der Waals surface area contributed by atoms with Gasteiger partial charge in [-0.25, -0.2) is 0 Å². The van der Waals surface area contributed by atoms with Crippen LogP contribution in [0.5, 0.6) is 0 Å². The fourth-order valence-electron chi connectivity index (χ4n) is 2.47. The van der Waals surface area contributed by atoms with Crippen LogP contribution in [0.3, 0.4) is 0 Å². The number of fused-ring (bicyclic) bond motifs is 1. The van der Waals surface area contributed by atoms with Gasteiger partial charge in [-0.2, -0.15) is 0 Å². The fraction of sp³-hybridized carbons (Fsp3) is 0.444. The lowest BCUT2D eigenvalue weighted by molar-refractivity contribution is -0.130. The summed E-state index contributed by atoms with van der Waals surface area (Å²) in [6.45, 7) is 5.02. The molecule has 124 valence electrons. The van der Waals surface area contributed by atoms with E-state index in [0.29, 0.717) is 17.8 Å². The quantitative estimate of drug-likeness (QED) is 0.884. The van der Waals surface area contributed by atoms with Crippen LogP contribution < -0.4 is 11.2 Å². The van der Waals surface area contributed by atoms with Crippen molar-refractivity contribution in [3.8, 4) is 0 Å². The molecular weight excluding hydrogens is 290 g/mol. The molecule has 0 saturated carbocycles. The van der Waals surface area contributed by atoms with Gasteiger partial charge in [-0.1, -0.05) is 26.0 Å². The normalized spacial score (nSPS) is 12.6. The van der Waals surface area contributed by atoms with E-state index in [1.807, 2.05) is 22.8 Å². The number of hydrogen-bond donors (Lipinski definition) is 1. The Kier molecular flexibility index (Phi) is 5.55. The van der Waals surface area contributed by atoms with Crippen molar-refractivity contribution in [2.75, 3.05) is 13.6 Å². The van der Waals surface area contributed by atoms with E-state index in [1.54, 1.807) is 24.2 Å². The number of benzene rings is 1. The van der Waals surface area contributed by atoms with Crippen LogP contribution in [0, 0.1) is 5.92 Å². The van der Waals surface area contributed by atoms with Crippen molar-refractivity contribution in [3.63, 3.8) is 0 Å². The smallest absolute Gasteiger partial charge is 0.242 e. The van der Waals surface area contributed by atoms with E-state index in [4.69, 9.17) is 5.73 Å². The summed E-state index contributed by atoms with van der Waals surface area (Å²) in [5.41, 5.74) is 6.78. The van der Waals surface area contributed by atoms with Crippen LogP contribution in [-0.4, -0.2) is 35.0 Å². The molecule has 1 unspecified atom stereocenters. The van der Waals surface area contributed by atoms with Crippen LogP contribution in [0.25, 0.3) is 10.9 Å². The van der Waals surface area contributed by atoms with E-state index in [-0.39, 0.29) is 23.9 Å². The zero-order valence-corrected chi connectivity index (χ0v) is 14.0. The molecule has 23 heavy (non-hydrogen) atoms. The number of nitrogens with two attached hydrogens (primary N) is 1. The molecule has 0 aliphatic carbocycles. The lowest BCUT2D eigenvalue weighted by Crippen LogP contribution is -2.36. The first-order valence-corrected chi connectivity index (χ1v) is 7.98. The van der Waals surface area contributed by atoms with Crippen LogP contribution in [0.4, 0.5) is 0 Å². The van der Waals surface area contributed by atoms with E-state index < -0.39 is 0 Å². The summed E-state index contributed by atoms with van der Waals surface area (Å²) in [5, 5.41) is 0.632. The van der Waals surface area contributed by atoms with Gasteiger partial charge in [0.1, 0.15) is 6.54 Å². The molecule has 0 radical (unpaired) electrons. The van der Waals surface area contributed by atoms with Crippen molar-refractivity contribution in [1.29, 1.82) is 0 Å². The Bertz CT molecular complexity index is 736. The molecule has 1 aromatic carbocycles. The standard InChI is InChI=1S/C18H25N3O2/c1-13(2)15(19)8-10-20(3)18(23)12-21-11-9-17(22)14-6-4-5-7-16(14)21/h4-7,9,11,13,15H,8,10,12,19H2,1-3H3. The lowest BCUT2D eigenvalue weighted by atomic mass is 10.0. The Morgan fingerprint density at radius 2 is 1.96 bits per heavy atom. The minimum absolute atomic E-state index is 0.00904. The van der Waals surface area contributed by atoms with Gasteiger partial charge < -0.3 is 15.2 Å². The van der Waals surface area contributed by atoms with Gasteiger partial charge in [-0.05, 0) is 24.5 Å². The van der Waals surface area contributed by atoms with Crippen LogP contribution in [0.1, 0.15) is 20.3 Å². The minimum Gasteiger partial charge on any atom is -0.344 e. The zero-order chi connectivity index (χ0) is 17.0. The first-order chi connectivity index (χ1) is 10.9. The molecule has 0 fully saturated rings. The molecule has 5 heteroatoms. The average Bonchev–Trinajstić information content (AvgIpc) is 2.54. The van der Waals surface area contributed by atoms with Crippen molar-refractivity contribution in [2.45, 2.75) is 32.9 Å². The second-order valence-electron chi connectivity index (χ2n) is 6.34. The summed E-state index contributed by atoms with van der Waals surface area (Å²) < 4.78 is 1.82. The molecule has 0 saturated heterocycles. The van der Waals surface area contributed by atoms with Crippen molar-refractivity contribution < 1.29 is 4.79 Å². The van der Waals surface area contributed by atoms with Crippen molar-refractivity contribution in [1.82, 2.24) is 9.47 Å². The molecule has 0 spiro atoms. The lowest BCUT2D eigenvalue weighted by Gasteiger charge is -2.22. The second kappa shape index (κ2) is 7.42. The topological polar surface area (TPSA) is 68.3 Å². The van der Waals surface area contributed by atoms with Gasteiger partial charge in [0.2, 0.25) is 5.91 Å². The maximum absolute atomic E-state index is 12.4. The largest absolute Gasteiger partial charge is 0.344 e. The average molecular weight is 315 g/mol. The molecule has 0 bridgehead atoms. The van der Waals surface area contributed by atoms with E-state index in [0.717, 1.165) is 11.9 Å². The summed E-state index contributed by atoms with van der Waals surface area (Å²) in [7, 11) is 1.79. The molecule has 2 aromatic rings. The predicted octanol–water partition coefficient (Wildman–Crippen LogP) is 1.83. The number of hydrogen-bond acceptors (Lipinski definition) is 3. The van der Waals surface area contributed by atoms with Gasteiger partial charge in [0, 0.05) is 37.3 Å². The van der Waals surface area contributed by atoms with Gasteiger partial charge in [-0.15, -0.1) is 0 Å². The Morgan fingerprint density at radius 3 is 2.65 bits per heavy atom. The highest BCUT2D eigenvalue weighted by Gasteiger charge is 2.14. The van der Waals surface area contributed by atoms with Crippen LogP contribution >= 0.6 is 0 Å². The molecule has 2 rings (SSSR count). The summed E-state index contributed by atoms with van der Waals surface area (Å²) in [4.78, 5) is 26.0. The predicted molar refractivity (Wildman–Crippen MR) is 93.3 cm³/mol. The van der Waals surface area contributed by atoms with Crippen molar-refractivity contribution in [2.24, 2.45) is 11.7 Å². The van der Waals surface area contributed by atoms with Gasteiger partial charge in [0.25, 0.3) is 0 Å². The van der Waals surface area contributed by atoms with Crippen LogP contribution in [0.15, 0.2) is 41.3 Å². The molecular formula is C18H25N3O2. The third-order valence-corrected chi connectivity index (χ3v) is 4.27. The number of para-hydroxylation sites is 1. The summed E-state index contributed by atoms with van der Waals surface area (Å²) in [6.07, 6.45) is 2.46. The molecule has 1 aromatic heterocycles. The van der Waals surface area contributed by atoms with Crippen LogP contribution in [0.2, 0.25) is 0 Å². The monoisotopic (exact) mass is 315 g/mol. The maximum Gasteiger partial charge on any atom is 0.242 e. The van der Waals surface area contributed by atoms with E-state index in [2.05, 4.69) is 13.8 Å². The molecule has 1 atom stereocenters. The third-order valence-electron chi connectivity index (χ3n) is 4.27. The minimum atomic E-state index is -0.0273. The number of likely N-dealkylation sites (N-methyl/N-ethyl adjacent to an activating group) is 1. The molecule has 5 nitrogen and oxygen atoms in total. The van der Waals surface area contributed by atoms with Crippen LogP contribution in [-0.2, 0) is 11.3 Å². The molecule has 1 heterocycles. The number of pyridine rings is 1. The highest BCUT2D eigenvalue weighted by molar-refractivity contribution is 5.82. The van der Waals surface area contributed by atoms with E-state index in [1.165, 1.54) is 6.07 Å². The number of nitrogens with zero attached hydrogens (tertiary/aromatic N) is 2. The summed E-state index contributed by atoms with van der Waals surface area (Å²) in [6, 6.07) is 8.94. The van der Waals surface area contributed by atoms with Gasteiger partial charge >= 0.3 is 0 Å². The van der Waals surface area contributed by atoms with Gasteiger partial charge in [0.05, 0.1) is 5.52 Å². The Morgan fingerprint density at radius 1 is 1.26 bits per heavy atom. The third kappa shape index (κ3) is 4.20. The first kappa shape index (κ1) is 17.2. The summed E-state index contributed by atoms with van der Waals surface area (Å²) >= 11 is 0. The number of rotatable bonds is 6. The highest BCUT2D eigenvalue weighted by Crippen LogP contribution is 2.10.